The lowest BCUT2D eigenvalue weighted by atomic mass is 10.2. The number of nitriles is 1. The van der Waals surface area contributed by atoms with Crippen LogP contribution in [0.15, 0.2) is 30.5 Å². The van der Waals surface area contributed by atoms with Gasteiger partial charge < -0.3 is 9.30 Å². The zero-order valence-corrected chi connectivity index (χ0v) is 9.14. The fourth-order valence-corrected chi connectivity index (χ4v) is 1.59. The standard InChI is InChI=1S/C12H11N3O/c1-15-9(7-13)8-14-12(15)10-5-3-4-6-11(10)16-2/h3-6,8H,1-2H3. The lowest BCUT2D eigenvalue weighted by Crippen LogP contribution is -1.97. The Bertz CT molecular complexity index is 552. The first-order valence-electron chi connectivity index (χ1n) is 4.83. The number of nitrogens with zero attached hydrogens (tertiary/aromatic N) is 3. The number of hydrogen-bond donors (Lipinski definition) is 0. The summed E-state index contributed by atoms with van der Waals surface area (Å²) in [7, 11) is 3.43. The molecule has 0 spiro atoms. The van der Waals surface area contributed by atoms with Gasteiger partial charge in [0.15, 0.2) is 0 Å². The smallest absolute Gasteiger partial charge is 0.144 e. The lowest BCUT2D eigenvalue weighted by molar-refractivity contribution is 0.416. The fourth-order valence-electron chi connectivity index (χ4n) is 1.59. The molecule has 0 aliphatic rings. The summed E-state index contributed by atoms with van der Waals surface area (Å²) in [4.78, 5) is 4.23. The summed E-state index contributed by atoms with van der Waals surface area (Å²) in [6.07, 6.45) is 1.56. The predicted octanol–water partition coefficient (Wildman–Crippen LogP) is 1.97. The van der Waals surface area contributed by atoms with E-state index in [0.717, 1.165) is 17.1 Å². The van der Waals surface area contributed by atoms with Gasteiger partial charge in [-0.25, -0.2) is 4.98 Å². The molecule has 1 aromatic carbocycles. The van der Waals surface area contributed by atoms with E-state index in [9.17, 15) is 0 Å². The first-order valence-corrected chi connectivity index (χ1v) is 4.83. The van der Waals surface area contributed by atoms with Gasteiger partial charge in [-0.05, 0) is 12.1 Å². The van der Waals surface area contributed by atoms with Crippen LogP contribution in [0, 0.1) is 11.3 Å². The highest BCUT2D eigenvalue weighted by atomic mass is 16.5. The lowest BCUT2D eigenvalue weighted by Gasteiger charge is -2.07. The Balaban J connectivity index is 2.59. The number of methoxy groups -OCH3 is 1. The van der Waals surface area contributed by atoms with E-state index in [4.69, 9.17) is 10.00 Å². The third-order valence-corrected chi connectivity index (χ3v) is 2.45. The van der Waals surface area contributed by atoms with Crippen molar-refractivity contribution in [1.29, 1.82) is 5.26 Å². The maximum atomic E-state index is 8.86. The molecule has 1 heterocycles. The molecule has 1 aromatic heterocycles. The molecule has 0 unspecified atom stereocenters. The van der Waals surface area contributed by atoms with Gasteiger partial charge in [0.1, 0.15) is 23.3 Å². The van der Waals surface area contributed by atoms with Gasteiger partial charge >= 0.3 is 0 Å². The molecule has 0 aliphatic heterocycles. The topological polar surface area (TPSA) is 50.8 Å². The zero-order valence-electron chi connectivity index (χ0n) is 9.14. The van der Waals surface area contributed by atoms with Crippen LogP contribution in [0.1, 0.15) is 5.69 Å². The second kappa shape index (κ2) is 4.07. The molecular formula is C12H11N3O. The van der Waals surface area contributed by atoms with Crippen LogP contribution in [0.3, 0.4) is 0 Å². The molecule has 80 valence electrons. The summed E-state index contributed by atoms with van der Waals surface area (Å²) in [5, 5.41) is 8.86. The third kappa shape index (κ3) is 1.52. The quantitative estimate of drug-likeness (QED) is 0.766. The van der Waals surface area contributed by atoms with Gasteiger partial charge in [0.2, 0.25) is 0 Å². The van der Waals surface area contributed by atoms with E-state index in [0.29, 0.717) is 5.69 Å². The molecule has 4 nitrogen and oxygen atoms in total. The minimum atomic E-state index is 0.529. The number of hydrogen-bond acceptors (Lipinski definition) is 3. The zero-order chi connectivity index (χ0) is 11.5. The molecular weight excluding hydrogens is 202 g/mol. The van der Waals surface area contributed by atoms with Crippen molar-refractivity contribution in [2.45, 2.75) is 0 Å². The average molecular weight is 213 g/mol. The van der Waals surface area contributed by atoms with E-state index < -0.39 is 0 Å². The molecule has 16 heavy (non-hydrogen) atoms. The van der Waals surface area contributed by atoms with Crippen LogP contribution >= 0.6 is 0 Å². The van der Waals surface area contributed by atoms with E-state index in [2.05, 4.69) is 11.1 Å². The van der Waals surface area contributed by atoms with Crippen LogP contribution < -0.4 is 4.74 Å². The molecule has 0 bridgehead atoms. The van der Waals surface area contributed by atoms with Crippen molar-refractivity contribution >= 4 is 0 Å². The number of rotatable bonds is 2. The number of imidazole rings is 1. The van der Waals surface area contributed by atoms with E-state index in [1.54, 1.807) is 17.9 Å². The summed E-state index contributed by atoms with van der Waals surface area (Å²) in [6, 6.07) is 9.69. The molecule has 0 fully saturated rings. The van der Waals surface area contributed by atoms with E-state index in [1.165, 1.54) is 0 Å². The van der Waals surface area contributed by atoms with Crippen molar-refractivity contribution in [3.05, 3.63) is 36.2 Å². The van der Waals surface area contributed by atoms with Crippen LogP contribution in [0.2, 0.25) is 0 Å². The Morgan fingerprint density at radius 3 is 2.75 bits per heavy atom. The molecule has 2 aromatic rings. The largest absolute Gasteiger partial charge is 0.496 e. The van der Waals surface area contributed by atoms with E-state index >= 15 is 0 Å². The van der Waals surface area contributed by atoms with Gasteiger partial charge in [0.25, 0.3) is 0 Å². The Morgan fingerprint density at radius 2 is 2.12 bits per heavy atom. The first kappa shape index (κ1) is 10.2. The highest BCUT2D eigenvalue weighted by Gasteiger charge is 2.11. The van der Waals surface area contributed by atoms with Crippen LogP contribution in [0.4, 0.5) is 0 Å². The third-order valence-electron chi connectivity index (χ3n) is 2.45. The molecule has 0 radical (unpaired) electrons. The van der Waals surface area contributed by atoms with Crippen molar-refractivity contribution < 1.29 is 4.74 Å². The van der Waals surface area contributed by atoms with E-state index in [1.807, 2.05) is 31.3 Å². The molecule has 0 atom stereocenters. The van der Waals surface area contributed by atoms with Gasteiger partial charge in [0, 0.05) is 7.05 Å². The van der Waals surface area contributed by atoms with Crippen LogP contribution in [-0.4, -0.2) is 16.7 Å². The fraction of sp³-hybridized carbons (Fsp3) is 0.167. The normalized spacial score (nSPS) is 9.81. The second-order valence-electron chi connectivity index (χ2n) is 3.34. The first-order chi connectivity index (χ1) is 7.77. The number of benzene rings is 1. The Labute approximate surface area is 93.7 Å². The maximum absolute atomic E-state index is 8.86. The molecule has 0 aliphatic carbocycles. The Kier molecular flexibility index (Phi) is 2.61. The SMILES string of the molecule is COc1ccccc1-c1ncc(C#N)n1C. The average Bonchev–Trinajstić information content (AvgIpc) is 2.70. The molecule has 0 amide bonds. The molecule has 4 heteroatoms. The van der Waals surface area contributed by atoms with Gasteiger partial charge in [0.05, 0.1) is 18.9 Å². The number of aromatic nitrogens is 2. The summed E-state index contributed by atoms with van der Waals surface area (Å²) in [5.41, 5.74) is 1.41. The summed E-state index contributed by atoms with van der Waals surface area (Å²) in [6.45, 7) is 0. The van der Waals surface area contributed by atoms with Crippen molar-refractivity contribution in [3.63, 3.8) is 0 Å². The van der Waals surface area contributed by atoms with Gasteiger partial charge in [-0.2, -0.15) is 5.26 Å². The van der Waals surface area contributed by atoms with Gasteiger partial charge in [-0.3, -0.25) is 0 Å². The minimum Gasteiger partial charge on any atom is -0.496 e. The monoisotopic (exact) mass is 213 g/mol. The van der Waals surface area contributed by atoms with Crippen molar-refractivity contribution in [2.24, 2.45) is 7.05 Å². The van der Waals surface area contributed by atoms with Crippen molar-refractivity contribution in [3.8, 4) is 23.2 Å². The van der Waals surface area contributed by atoms with Gasteiger partial charge in [-0.1, -0.05) is 12.1 Å². The van der Waals surface area contributed by atoms with Gasteiger partial charge in [-0.15, -0.1) is 0 Å². The van der Waals surface area contributed by atoms with Crippen molar-refractivity contribution in [2.75, 3.05) is 7.11 Å². The highest BCUT2D eigenvalue weighted by molar-refractivity contribution is 5.65. The molecule has 2 rings (SSSR count). The second-order valence-corrected chi connectivity index (χ2v) is 3.34. The number of para-hydroxylation sites is 1. The number of ether oxygens (including phenoxy) is 1. The minimum absolute atomic E-state index is 0.529. The Hall–Kier alpha value is -2.28. The van der Waals surface area contributed by atoms with Crippen LogP contribution in [0.25, 0.3) is 11.4 Å². The maximum Gasteiger partial charge on any atom is 0.144 e. The summed E-state index contributed by atoms with van der Waals surface area (Å²) < 4.78 is 7.01. The van der Waals surface area contributed by atoms with E-state index in [-0.39, 0.29) is 0 Å². The van der Waals surface area contributed by atoms with Crippen LogP contribution in [-0.2, 0) is 7.05 Å². The molecule has 0 saturated carbocycles. The highest BCUT2D eigenvalue weighted by Crippen LogP contribution is 2.28. The summed E-state index contributed by atoms with van der Waals surface area (Å²) >= 11 is 0. The Morgan fingerprint density at radius 1 is 1.38 bits per heavy atom. The summed E-state index contributed by atoms with van der Waals surface area (Å²) in [5.74, 6) is 1.48. The van der Waals surface area contributed by atoms with Crippen molar-refractivity contribution in [1.82, 2.24) is 9.55 Å². The van der Waals surface area contributed by atoms with Crippen LogP contribution in [0.5, 0.6) is 5.75 Å². The molecule has 0 saturated heterocycles. The predicted molar refractivity (Wildman–Crippen MR) is 59.9 cm³/mol. The molecule has 0 N–H and O–H groups in total.